The second-order valence-corrected chi connectivity index (χ2v) is 2.66. The molecule has 1 aliphatic rings. The van der Waals surface area contributed by atoms with E-state index in [0.717, 1.165) is 0 Å². The Hall–Kier alpha value is -0.810. The quantitative estimate of drug-likeness (QED) is 0.642. The normalized spacial score (nSPS) is 24.1. The number of hydrogen-bond acceptors (Lipinski definition) is 3. The van der Waals surface area contributed by atoms with Gasteiger partial charge >= 0.3 is 6.09 Å². The van der Waals surface area contributed by atoms with Crippen LogP contribution in [0.1, 0.15) is 0 Å². The number of methoxy groups -OCH3 is 1. The molecule has 0 aromatic heterocycles. The van der Waals surface area contributed by atoms with Crippen molar-refractivity contribution in [1.82, 2.24) is 4.90 Å². The molecule has 0 saturated carbocycles. The van der Waals surface area contributed by atoms with Crippen molar-refractivity contribution in [1.29, 1.82) is 0 Å². The zero-order chi connectivity index (χ0) is 8.97. The number of nitrogens with zero attached hydrogens (tertiary/aromatic N) is 1. The number of hydrogen-bond donors (Lipinski definition) is 1. The molecule has 1 rings (SSSR count). The van der Waals surface area contributed by atoms with Crippen molar-refractivity contribution in [3.63, 3.8) is 0 Å². The summed E-state index contributed by atoms with van der Waals surface area (Å²) in [6, 6.07) is -0.152. The Labute approximate surface area is 70.9 Å². The molecule has 1 amide bonds. The number of rotatable bonds is 2. The molecule has 1 unspecified atom stereocenters. The lowest BCUT2D eigenvalue weighted by atomic mass is 10.2. The van der Waals surface area contributed by atoms with Gasteiger partial charge in [0.1, 0.15) is 0 Å². The SMILES string of the molecule is COCC1COCCN1C(=O)O. The van der Waals surface area contributed by atoms with E-state index in [1.165, 1.54) is 4.90 Å². The lowest BCUT2D eigenvalue weighted by molar-refractivity contribution is -0.0258. The molecule has 0 aromatic carbocycles. The molecule has 5 heteroatoms. The molecule has 1 atom stereocenters. The van der Waals surface area contributed by atoms with Gasteiger partial charge in [-0.2, -0.15) is 0 Å². The first-order valence-electron chi connectivity index (χ1n) is 3.82. The Kier molecular flexibility index (Phi) is 3.31. The monoisotopic (exact) mass is 175 g/mol. The first-order valence-corrected chi connectivity index (χ1v) is 3.82. The number of ether oxygens (including phenoxy) is 2. The largest absolute Gasteiger partial charge is 0.465 e. The average molecular weight is 175 g/mol. The number of carbonyl (C=O) groups is 1. The van der Waals surface area contributed by atoms with Crippen LogP contribution in [0.25, 0.3) is 0 Å². The van der Waals surface area contributed by atoms with Crippen molar-refractivity contribution < 1.29 is 19.4 Å². The van der Waals surface area contributed by atoms with Crippen molar-refractivity contribution in [2.24, 2.45) is 0 Å². The molecule has 1 N–H and O–H groups in total. The van der Waals surface area contributed by atoms with Gasteiger partial charge in [0.2, 0.25) is 0 Å². The molecule has 0 bridgehead atoms. The minimum absolute atomic E-state index is 0.152. The van der Waals surface area contributed by atoms with Crippen LogP contribution in [0.4, 0.5) is 4.79 Å². The highest BCUT2D eigenvalue weighted by Gasteiger charge is 2.26. The van der Waals surface area contributed by atoms with E-state index in [2.05, 4.69) is 0 Å². The van der Waals surface area contributed by atoms with Crippen LogP contribution in [0, 0.1) is 0 Å². The molecule has 70 valence electrons. The van der Waals surface area contributed by atoms with Crippen LogP contribution in [0.2, 0.25) is 0 Å². The third kappa shape index (κ3) is 2.09. The summed E-state index contributed by atoms with van der Waals surface area (Å²) in [5, 5.41) is 8.75. The van der Waals surface area contributed by atoms with E-state index in [1.54, 1.807) is 7.11 Å². The molecule has 0 aliphatic carbocycles. The Morgan fingerprint density at radius 2 is 2.58 bits per heavy atom. The fourth-order valence-electron chi connectivity index (χ4n) is 1.24. The standard InChI is InChI=1S/C7H13NO4/c1-11-4-6-5-12-3-2-8(6)7(9)10/h6H,2-5H2,1H3,(H,9,10). The lowest BCUT2D eigenvalue weighted by Crippen LogP contribution is -2.50. The van der Waals surface area contributed by atoms with E-state index in [4.69, 9.17) is 14.6 Å². The van der Waals surface area contributed by atoms with Gasteiger partial charge in [-0.05, 0) is 0 Å². The van der Waals surface area contributed by atoms with Gasteiger partial charge in [-0.25, -0.2) is 4.79 Å². The van der Waals surface area contributed by atoms with Crippen LogP contribution >= 0.6 is 0 Å². The highest BCUT2D eigenvalue weighted by atomic mass is 16.5. The molecule has 1 saturated heterocycles. The van der Waals surface area contributed by atoms with Crippen LogP contribution in [-0.2, 0) is 9.47 Å². The maximum atomic E-state index is 10.7. The van der Waals surface area contributed by atoms with Crippen LogP contribution in [0.15, 0.2) is 0 Å². The molecular weight excluding hydrogens is 162 g/mol. The Morgan fingerprint density at radius 1 is 1.83 bits per heavy atom. The molecule has 5 nitrogen and oxygen atoms in total. The third-order valence-corrected chi connectivity index (χ3v) is 1.83. The molecule has 1 fully saturated rings. The second-order valence-electron chi connectivity index (χ2n) is 2.66. The van der Waals surface area contributed by atoms with E-state index in [9.17, 15) is 4.79 Å². The highest BCUT2D eigenvalue weighted by Crippen LogP contribution is 2.06. The zero-order valence-corrected chi connectivity index (χ0v) is 7.02. The van der Waals surface area contributed by atoms with E-state index in [1.807, 2.05) is 0 Å². The fourth-order valence-corrected chi connectivity index (χ4v) is 1.24. The Balaban J connectivity index is 2.48. The van der Waals surface area contributed by atoms with Crippen molar-refractivity contribution in [2.75, 3.05) is 33.5 Å². The van der Waals surface area contributed by atoms with Crippen molar-refractivity contribution in [3.05, 3.63) is 0 Å². The van der Waals surface area contributed by atoms with Crippen molar-refractivity contribution >= 4 is 6.09 Å². The number of carboxylic acid groups (broad SMARTS) is 1. The van der Waals surface area contributed by atoms with Gasteiger partial charge in [0.05, 0.1) is 25.9 Å². The maximum absolute atomic E-state index is 10.7. The van der Waals surface area contributed by atoms with Gasteiger partial charge in [0.25, 0.3) is 0 Å². The summed E-state index contributed by atoms with van der Waals surface area (Å²) in [4.78, 5) is 12.0. The maximum Gasteiger partial charge on any atom is 0.407 e. The minimum atomic E-state index is -0.902. The van der Waals surface area contributed by atoms with Crippen LogP contribution < -0.4 is 0 Å². The molecule has 1 heterocycles. The molecule has 0 spiro atoms. The smallest absolute Gasteiger partial charge is 0.407 e. The van der Waals surface area contributed by atoms with E-state index >= 15 is 0 Å². The van der Waals surface area contributed by atoms with Crippen LogP contribution in [-0.4, -0.2) is 55.6 Å². The molecule has 12 heavy (non-hydrogen) atoms. The minimum Gasteiger partial charge on any atom is -0.465 e. The Bertz CT molecular complexity index is 159. The van der Waals surface area contributed by atoms with Crippen molar-refractivity contribution in [2.45, 2.75) is 6.04 Å². The van der Waals surface area contributed by atoms with E-state index in [0.29, 0.717) is 26.4 Å². The second kappa shape index (κ2) is 4.27. The van der Waals surface area contributed by atoms with E-state index < -0.39 is 6.09 Å². The van der Waals surface area contributed by atoms with Gasteiger partial charge in [0.15, 0.2) is 0 Å². The van der Waals surface area contributed by atoms with Gasteiger partial charge in [-0.3, -0.25) is 4.90 Å². The topological polar surface area (TPSA) is 59.0 Å². The van der Waals surface area contributed by atoms with Crippen molar-refractivity contribution in [3.8, 4) is 0 Å². The predicted octanol–water partition coefficient (Wildman–Crippen LogP) is 0.0116. The number of morpholine rings is 1. The van der Waals surface area contributed by atoms with Crippen LogP contribution in [0.5, 0.6) is 0 Å². The Morgan fingerprint density at radius 3 is 3.17 bits per heavy atom. The third-order valence-electron chi connectivity index (χ3n) is 1.83. The van der Waals surface area contributed by atoms with Gasteiger partial charge in [-0.15, -0.1) is 0 Å². The summed E-state index contributed by atoms with van der Waals surface area (Å²) in [5.41, 5.74) is 0. The first-order chi connectivity index (χ1) is 5.75. The number of amides is 1. The lowest BCUT2D eigenvalue weighted by Gasteiger charge is -2.32. The van der Waals surface area contributed by atoms with Crippen LogP contribution in [0.3, 0.4) is 0 Å². The fraction of sp³-hybridized carbons (Fsp3) is 0.857. The zero-order valence-electron chi connectivity index (χ0n) is 7.02. The summed E-state index contributed by atoms with van der Waals surface area (Å²) < 4.78 is 10.0. The van der Waals surface area contributed by atoms with Gasteiger partial charge in [0, 0.05) is 13.7 Å². The van der Waals surface area contributed by atoms with E-state index in [-0.39, 0.29) is 6.04 Å². The molecule has 0 radical (unpaired) electrons. The highest BCUT2D eigenvalue weighted by molar-refractivity contribution is 5.65. The van der Waals surface area contributed by atoms with Gasteiger partial charge < -0.3 is 14.6 Å². The summed E-state index contributed by atoms with van der Waals surface area (Å²) in [7, 11) is 1.55. The molecule has 1 aliphatic heterocycles. The molecular formula is C7H13NO4. The summed E-state index contributed by atoms with van der Waals surface area (Å²) in [6.07, 6.45) is -0.902. The molecule has 0 aromatic rings. The summed E-state index contributed by atoms with van der Waals surface area (Å²) in [5.74, 6) is 0. The first kappa shape index (κ1) is 9.28. The average Bonchev–Trinajstić information content (AvgIpc) is 2.05. The summed E-state index contributed by atoms with van der Waals surface area (Å²) >= 11 is 0. The van der Waals surface area contributed by atoms with Gasteiger partial charge in [-0.1, -0.05) is 0 Å². The predicted molar refractivity (Wildman–Crippen MR) is 41.2 cm³/mol. The summed E-state index contributed by atoms with van der Waals surface area (Å²) in [6.45, 7) is 1.74.